The maximum Gasteiger partial charge on any atom is 0.226 e. The van der Waals surface area contributed by atoms with Crippen molar-refractivity contribution in [2.75, 3.05) is 19.0 Å². The van der Waals surface area contributed by atoms with Crippen molar-refractivity contribution < 1.29 is 9.53 Å². The summed E-state index contributed by atoms with van der Waals surface area (Å²) in [7, 11) is 1.68. The Morgan fingerprint density at radius 3 is 2.59 bits per heavy atom. The first-order valence-corrected chi connectivity index (χ1v) is 13.4. The van der Waals surface area contributed by atoms with Crippen LogP contribution in [0, 0.1) is 20.8 Å². The lowest BCUT2D eigenvalue weighted by Gasteiger charge is -2.28. The molecule has 0 unspecified atom stereocenters. The van der Waals surface area contributed by atoms with Gasteiger partial charge in [0.05, 0.1) is 24.9 Å². The van der Waals surface area contributed by atoms with E-state index in [-0.39, 0.29) is 18.0 Å². The number of nitrogens with zero attached hydrogens (tertiary/aromatic N) is 3. The van der Waals surface area contributed by atoms with E-state index in [2.05, 4.69) is 51.1 Å². The molecule has 1 fully saturated rings. The summed E-state index contributed by atoms with van der Waals surface area (Å²) in [5, 5.41) is 7.16. The van der Waals surface area contributed by atoms with Crippen LogP contribution in [-0.4, -0.2) is 39.1 Å². The summed E-state index contributed by atoms with van der Waals surface area (Å²) in [5.74, 6) is 0.756. The predicted molar refractivity (Wildman–Crippen MR) is 158 cm³/mol. The fourth-order valence-corrected chi connectivity index (χ4v) is 5.70. The zero-order valence-corrected chi connectivity index (χ0v) is 23.5. The number of carbonyl (C=O) groups is 1. The van der Waals surface area contributed by atoms with Crippen LogP contribution in [0.25, 0.3) is 5.69 Å². The van der Waals surface area contributed by atoms with Gasteiger partial charge in [-0.1, -0.05) is 30.3 Å². The van der Waals surface area contributed by atoms with Gasteiger partial charge >= 0.3 is 0 Å². The zero-order valence-electron chi connectivity index (χ0n) is 22.6. The van der Waals surface area contributed by atoms with Crippen LogP contribution in [0.3, 0.4) is 0 Å². The second-order valence-corrected chi connectivity index (χ2v) is 10.2. The normalized spacial score (nSPS) is 16.7. The number of pyridine rings is 1. The molecular formula is C31H33N5O2S. The van der Waals surface area contributed by atoms with Crippen molar-refractivity contribution in [3.8, 4) is 11.4 Å². The van der Waals surface area contributed by atoms with E-state index in [1.807, 2.05) is 67.6 Å². The quantitative estimate of drug-likeness (QED) is 0.276. The number of aryl methyl sites for hydroxylation is 2. The molecule has 1 amide bonds. The molecule has 200 valence electrons. The molecule has 39 heavy (non-hydrogen) atoms. The van der Waals surface area contributed by atoms with E-state index in [0.29, 0.717) is 18.1 Å². The van der Waals surface area contributed by atoms with Gasteiger partial charge in [0.1, 0.15) is 5.75 Å². The van der Waals surface area contributed by atoms with Gasteiger partial charge in [0.15, 0.2) is 5.11 Å². The number of anilines is 1. The maximum absolute atomic E-state index is 13.0. The Bertz CT molecular complexity index is 1500. The molecule has 0 aliphatic carbocycles. The number of amides is 1. The molecule has 4 aromatic rings. The number of methoxy groups -OCH3 is 1. The summed E-state index contributed by atoms with van der Waals surface area (Å²) in [5.41, 5.74) is 7.14. The van der Waals surface area contributed by atoms with Crippen molar-refractivity contribution in [2.45, 2.75) is 39.3 Å². The van der Waals surface area contributed by atoms with Crippen molar-refractivity contribution >= 4 is 28.9 Å². The number of nitrogens with one attached hydrogen (secondary N) is 2. The van der Waals surface area contributed by atoms with E-state index in [1.165, 1.54) is 0 Å². The molecular weight excluding hydrogens is 506 g/mol. The van der Waals surface area contributed by atoms with E-state index >= 15 is 0 Å². The van der Waals surface area contributed by atoms with Crippen LogP contribution >= 0.6 is 12.2 Å². The Balaban J connectivity index is 1.48. The van der Waals surface area contributed by atoms with Crippen LogP contribution in [0.4, 0.5) is 5.69 Å². The number of ether oxygens (including phenoxy) is 1. The summed E-state index contributed by atoms with van der Waals surface area (Å²) in [6.45, 7) is 6.69. The topological polar surface area (TPSA) is 71.4 Å². The average molecular weight is 540 g/mol. The first-order valence-electron chi connectivity index (χ1n) is 13.0. The second kappa shape index (κ2) is 11.3. The van der Waals surface area contributed by atoms with Gasteiger partial charge in [0.25, 0.3) is 0 Å². The standard InChI is InChI=1S/C31H33N5O2S/c1-20-10-5-6-13-26(20)33-28(37)15-17-35-30(29(34-31(35)39)27-14-7-8-16-32-27)25-18-21(2)36(22(25)3)23-11-9-12-24(19-23)38-4/h5-14,16,18-19,29-30H,15,17H2,1-4H3,(H,33,37)(H,34,39)/t29-,30-/m0/s1. The highest BCUT2D eigenvalue weighted by atomic mass is 32.1. The molecule has 2 atom stereocenters. The zero-order chi connectivity index (χ0) is 27.5. The molecule has 0 bridgehead atoms. The minimum absolute atomic E-state index is 0.0472. The molecule has 1 saturated heterocycles. The number of rotatable bonds is 8. The van der Waals surface area contributed by atoms with Crippen LogP contribution in [0.15, 0.2) is 79.0 Å². The van der Waals surface area contributed by atoms with Gasteiger partial charge in [-0.2, -0.15) is 0 Å². The first kappa shape index (κ1) is 26.4. The van der Waals surface area contributed by atoms with Gasteiger partial charge in [-0.15, -0.1) is 0 Å². The molecule has 2 N–H and O–H groups in total. The molecule has 0 saturated carbocycles. The minimum Gasteiger partial charge on any atom is -0.497 e. The van der Waals surface area contributed by atoms with Gasteiger partial charge in [-0.05, 0) is 80.5 Å². The Morgan fingerprint density at radius 2 is 1.85 bits per heavy atom. The third kappa shape index (κ3) is 5.38. The smallest absolute Gasteiger partial charge is 0.226 e. The molecule has 1 aliphatic heterocycles. The van der Waals surface area contributed by atoms with E-state index < -0.39 is 0 Å². The van der Waals surface area contributed by atoms with Crippen molar-refractivity contribution in [1.82, 2.24) is 19.8 Å². The van der Waals surface area contributed by atoms with Gasteiger partial charge in [0, 0.05) is 48.0 Å². The maximum atomic E-state index is 13.0. The summed E-state index contributed by atoms with van der Waals surface area (Å²) in [6, 6.07) is 23.7. The molecule has 0 spiro atoms. The van der Waals surface area contributed by atoms with E-state index in [4.69, 9.17) is 17.0 Å². The van der Waals surface area contributed by atoms with Crippen LogP contribution in [0.1, 0.15) is 46.7 Å². The lowest BCUT2D eigenvalue weighted by atomic mass is 9.96. The van der Waals surface area contributed by atoms with Crippen molar-refractivity contribution in [1.29, 1.82) is 0 Å². The fraction of sp³-hybridized carbons (Fsp3) is 0.258. The first-order chi connectivity index (χ1) is 18.9. The van der Waals surface area contributed by atoms with Gasteiger partial charge < -0.3 is 24.8 Å². The third-order valence-electron chi connectivity index (χ3n) is 7.30. The van der Waals surface area contributed by atoms with Crippen LogP contribution in [0.5, 0.6) is 5.75 Å². The van der Waals surface area contributed by atoms with Crippen molar-refractivity contribution in [3.63, 3.8) is 0 Å². The van der Waals surface area contributed by atoms with E-state index in [1.54, 1.807) is 13.3 Å². The Hall–Kier alpha value is -4.17. The number of benzene rings is 2. The Morgan fingerprint density at radius 1 is 1.05 bits per heavy atom. The van der Waals surface area contributed by atoms with Crippen molar-refractivity contribution in [2.24, 2.45) is 0 Å². The molecule has 0 radical (unpaired) electrons. The lowest BCUT2D eigenvalue weighted by Crippen LogP contribution is -2.33. The highest BCUT2D eigenvalue weighted by Crippen LogP contribution is 2.41. The van der Waals surface area contributed by atoms with Gasteiger partial charge in [-0.25, -0.2) is 0 Å². The van der Waals surface area contributed by atoms with Gasteiger partial charge in [-0.3, -0.25) is 9.78 Å². The second-order valence-electron chi connectivity index (χ2n) is 9.80. The SMILES string of the molecule is COc1cccc(-n2c(C)cc([C@H]3[C@H](c4ccccn4)NC(=S)N3CCC(=O)Nc3ccccc3C)c2C)c1. The largest absolute Gasteiger partial charge is 0.497 e. The Kier molecular flexibility index (Phi) is 7.65. The molecule has 7 nitrogen and oxygen atoms in total. The number of para-hydroxylation sites is 1. The van der Waals surface area contributed by atoms with Crippen LogP contribution in [-0.2, 0) is 4.79 Å². The highest BCUT2D eigenvalue weighted by Gasteiger charge is 2.41. The number of hydrogen-bond acceptors (Lipinski definition) is 4. The fourth-order valence-electron chi connectivity index (χ4n) is 5.37. The average Bonchev–Trinajstić information content (AvgIpc) is 3.43. The monoisotopic (exact) mass is 539 g/mol. The van der Waals surface area contributed by atoms with E-state index in [0.717, 1.165) is 45.3 Å². The summed E-state index contributed by atoms with van der Waals surface area (Å²) in [4.78, 5) is 19.7. The number of thiocarbonyl (C=S) groups is 1. The number of hydrogen-bond donors (Lipinski definition) is 2. The van der Waals surface area contributed by atoms with Crippen molar-refractivity contribution in [3.05, 3.63) is 107 Å². The van der Waals surface area contributed by atoms with Crippen LogP contribution < -0.4 is 15.4 Å². The molecule has 3 heterocycles. The van der Waals surface area contributed by atoms with Crippen LogP contribution in [0.2, 0.25) is 0 Å². The lowest BCUT2D eigenvalue weighted by molar-refractivity contribution is -0.116. The number of aromatic nitrogens is 2. The number of carbonyl (C=O) groups excluding carboxylic acids is 1. The molecule has 5 rings (SSSR count). The minimum atomic E-state index is -0.155. The molecule has 2 aromatic heterocycles. The summed E-state index contributed by atoms with van der Waals surface area (Å²) >= 11 is 5.84. The molecule has 2 aromatic carbocycles. The molecule has 1 aliphatic rings. The Labute approximate surface area is 234 Å². The highest BCUT2D eigenvalue weighted by molar-refractivity contribution is 7.80. The molecule has 8 heteroatoms. The summed E-state index contributed by atoms with van der Waals surface area (Å²) in [6.07, 6.45) is 2.10. The summed E-state index contributed by atoms with van der Waals surface area (Å²) < 4.78 is 7.71. The third-order valence-corrected chi connectivity index (χ3v) is 7.65. The predicted octanol–water partition coefficient (Wildman–Crippen LogP) is 5.81. The van der Waals surface area contributed by atoms with Gasteiger partial charge in [0.2, 0.25) is 5.91 Å². The van der Waals surface area contributed by atoms with E-state index in [9.17, 15) is 4.79 Å².